The summed E-state index contributed by atoms with van der Waals surface area (Å²) in [5.74, 6) is -1.35. The summed E-state index contributed by atoms with van der Waals surface area (Å²) in [6.07, 6.45) is -2.90. The van der Waals surface area contributed by atoms with E-state index in [0.717, 1.165) is 12.8 Å². The van der Waals surface area contributed by atoms with Gasteiger partial charge in [0.15, 0.2) is 0 Å². The molecule has 0 aromatic heterocycles. The van der Waals surface area contributed by atoms with Gasteiger partial charge in [-0.15, -0.1) is 0 Å². The van der Waals surface area contributed by atoms with Crippen LogP contribution in [0.2, 0.25) is 0 Å². The lowest BCUT2D eigenvalue weighted by molar-refractivity contribution is -0.141. The molecule has 1 fully saturated rings. The Morgan fingerprint density at radius 3 is 2.56 bits per heavy atom. The number of methoxy groups -OCH3 is 1. The molecular formula is C19H22F3NO4. The van der Waals surface area contributed by atoms with Gasteiger partial charge in [0.05, 0.1) is 25.2 Å². The monoisotopic (exact) mass is 385 g/mol. The Morgan fingerprint density at radius 2 is 2.00 bits per heavy atom. The predicted octanol–water partition coefficient (Wildman–Crippen LogP) is 3.20. The van der Waals surface area contributed by atoms with Crippen LogP contribution < -0.4 is 0 Å². The quantitative estimate of drug-likeness (QED) is 0.534. The van der Waals surface area contributed by atoms with E-state index in [0.29, 0.717) is 12.7 Å². The predicted molar refractivity (Wildman–Crippen MR) is 92.7 cm³/mol. The Labute approximate surface area is 155 Å². The molecule has 0 bridgehead atoms. The number of hydrogen-bond donors (Lipinski definition) is 0. The highest BCUT2D eigenvalue weighted by Gasteiger charge is 2.36. The van der Waals surface area contributed by atoms with Gasteiger partial charge in [-0.1, -0.05) is 30.3 Å². The van der Waals surface area contributed by atoms with E-state index in [9.17, 15) is 22.8 Å². The van der Waals surface area contributed by atoms with E-state index >= 15 is 0 Å². The molecule has 0 saturated carbocycles. The van der Waals surface area contributed by atoms with Gasteiger partial charge in [0, 0.05) is 25.8 Å². The van der Waals surface area contributed by atoms with E-state index in [1.54, 1.807) is 6.07 Å². The first kappa shape index (κ1) is 21.0. The lowest BCUT2D eigenvalue weighted by atomic mass is 10.0. The molecular weight excluding hydrogens is 363 g/mol. The fourth-order valence-electron chi connectivity index (χ4n) is 2.82. The van der Waals surface area contributed by atoms with Gasteiger partial charge >= 0.3 is 12.1 Å². The van der Waals surface area contributed by atoms with Crippen LogP contribution in [0.3, 0.4) is 0 Å². The van der Waals surface area contributed by atoms with E-state index in [-0.39, 0.29) is 31.2 Å². The SMILES string of the molecule is COC(=O)CCN(CC1CCCO1)C(=O)/C=C(/c1ccccc1)C(F)(F)F. The van der Waals surface area contributed by atoms with Crippen LogP contribution in [-0.4, -0.2) is 55.9 Å². The minimum atomic E-state index is -4.69. The van der Waals surface area contributed by atoms with Crippen molar-refractivity contribution in [3.8, 4) is 0 Å². The van der Waals surface area contributed by atoms with Crippen molar-refractivity contribution >= 4 is 17.4 Å². The van der Waals surface area contributed by atoms with Gasteiger partial charge < -0.3 is 14.4 Å². The Kier molecular flexibility index (Phi) is 7.41. The van der Waals surface area contributed by atoms with Crippen LogP contribution >= 0.6 is 0 Å². The summed E-state index contributed by atoms with van der Waals surface area (Å²) in [6.45, 7) is 0.644. The number of halogens is 3. The smallest absolute Gasteiger partial charge is 0.417 e. The topological polar surface area (TPSA) is 55.8 Å². The van der Waals surface area contributed by atoms with Gasteiger partial charge in [-0.3, -0.25) is 9.59 Å². The number of nitrogens with zero attached hydrogens (tertiary/aromatic N) is 1. The Balaban J connectivity index is 2.24. The van der Waals surface area contributed by atoms with Gasteiger partial charge in [-0.2, -0.15) is 13.2 Å². The van der Waals surface area contributed by atoms with Crippen LogP contribution in [0.1, 0.15) is 24.8 Å². The van der Waals surface area contributed by atoms with Crippen LogP contribution in [0.5, 0.6) is 0 Å². The standard InChI is InChI=1S/C19H22F3NO4/c1-26-18(25)9-10-23(13-15-8-5-11-27-15)17(24)12-16(19(20,21)22)14-6-3-2-4-7-14/h2-4,6-7,12,15H,5,8-11,13H2,1H3/b16-12-. The number of allylic oxidation sites excluding steroid dienone is 1. The molecule has 1 aliphatic rings. The molecule has 0 N–H and O–H groups in total. The first-order valence-electron chi connectivity index (χ1n) is 8.63. The minimum absolute atomic E-state index is 0.0399. The number of ether oxygens (including phenoxy) is 2. The Hall–Kier alpha value is -2.35. The second kappa shape index (κ2) is 9.55. The molecule has 2 rings (SSSR count). The zero-order valence-corrected chi connectivity index (χ0v) is 15.0. The van der Waals surface area contributed by atoms with E-state index in [2.05, 4.69) is 4.74 Å². The first-order valence-corrected chi connectivity index (χ1v) is 8.63. The molecule has 1 aromatic carbocycles. The van der Waals surface area contributed by atoms with E-state index in [1.807, 2.05) is 0 Å². The number of esters is 1. The average molecular weight is 385 g/mol. The highest BCUT2D eigenvalue weighted by atomic mass is 19.4. The zero-order valence-electron chi connectivity index (χ0n) is 15.0. The minimum Gasteiger partial charge on any atom is -0.469 e. The fourth-order valence-corrected chi connectivity index (χ4v) is 2.82. The van der Waals surface area contributed by atoms with Crippen molar-refractivity contribution in [3.05, 3.63) is 42.0 Å². The highest BCUT2D eigenvalue weighted by molar-refractivity contribution is 5.96. The van der Waals surface area contributed by atoms with Gasteiger partial charge in [0.1, 0.15) is 0 Å². The second-order valence-electron chi connectivity index (χ2n) is 6.17. The van der Waals surface area contributed by atoms with Crippen molar-refractivity contribution in [2.45, 2.75) is 31.5 Å². The van der Waals surface area contributed by atoms with Gasteiger partial charge in [-0.25, -0.2) is 0 Å². The molecule has 1 aliphatic heterocycles. The van der Waals surface area contributed by atoms with Crippen LogP contribution in [0.15, 0.2) is 36.4 Å². The maximum absolute atomic E-state index is 13.5. The summed E-state index contributed by atoms with van der Waals surface area (Å²) < 4.78 is 50.4. The van der Waals surface area contributed by atoms with Crippen molar-refractivity contribution in [1.29, 1.82) is 0 Å². The third-order valence-electron chi connectivity index (χ3n) is 4.23. The number of rotatable bonds is 7. The summed E-state index contributed by atoms with van der Waals surface area (Å²) in [4.78, 5) is 25.2. The van der Waals surface area contributed by atoms with Crippen LogP contribution in [0.4, 0.5) is 13.2 Å². The first-order chi connectivity index (χ1) is 12.8. The maximum atomic E-state index is 13.5. The highest BCUT2D eigenvalue weighted by Crippen LogP contribution is 2.33. The van der Waals surface area contributed by atoms with E-state index in [4.69, 9.17) is 4.74 Å². The molecule has 0 aliphatic carbocycles. The summed E-state index contributed by atoms with van der Waals surface area (Å²) >= 11 is 0. The summed E-state index contributed by atoms with van der Waals surface area (Å²) in [5, 5.41) is 0. The molecule has 1 saturated heterocycles. The summed E-state index contributed by atoms with van der Waals surface area (Å²) in [7, 11) is 1.21. The van der Waals surface area contributed by atoms with Crippen molar-refractivity contribution in [2.24, 2.45) is 0 Å². The Bertz CT molecular complexity index is 667. The third-order valence-corrected chi connectivity index (χ3v) is 4.23. The van der Waals surface area contributed by atoms with Crippen molar-refractivity contribution < 1.29 is 32.2 Å². The van der Waals surface area contributed by atoms with Crippen molar-refractivity contribution in [3.63, 3.8) is 0 Å². The largest absolute Gasteiger partial charge is 0.469 e. The molecule has 1 atom stereocenters. The number of amides is 1. The lowest BCUT2D eigenvalue weighted by Crippen LogP contribution is -2.38. The molecule has 0 radical (unpaired) electrons. The normalized spacial score (nSPS) is 17.6. The van der Waals surface area contributed by atoms with Crippen LogP contribution in [0, 0.1) is 0 Å². The number of hydrogen-bond acceptors (Lipinski definition) is 4. The molecule has 8 heteroatoms. The van der Waals surface area contributed by atoms with Crippen LogP contribution in [-0.2, 0) is 19.1 Å². The Morgan fingerprint density at radius 1 is 1.30 bits per heavy atom. The average Bonchev–Trinajstić information content (AvgIpc) is 3.15. The summed E-state index contributed by atoms with van der Waals surface area (Å²) in [5.41, 5.74) is -1.12. The molecule has 148 valence electrons. The fraction of sp³-hybridized carbons (Fsp3) is 0.474. The molecule has 1 heterocycles. The molecule has 5 nitrogen and oxygen atoms in total. The molecule has 1 amide bonds. The van der Waals surface area contributed by atoms with E-state index in [1.165, 1.54) is 36.3 Å². The number of carbonyl (C=O) groups excluding carboxylic acids is 2. The van der Waals surface area contributed by atoms with Crippen molar-refractivity contribution in [1.82, 2.24) is 4.90 Å². The lowest BCUT2D eigenvalue weighted by Gasteiger charge is -2.24. The number of benzene rings is 1. The maximum Gasteiger partial charge on any atom is 0.417 e. The van der Waals surface area contributed by atoms with E-state index < -0.39 is 23.6 Å². The zero-order chi connectivity index (χ0) is 19.9. The number of carbonyl (C=O) groups is 2. The van der Waals surface area contributed by atoms with Gasteiger partial charge in [0.2, 0.25) is 5.91 Å². The van der Waals surface area contributed by atoms with Crippen LogP contribution in [0.25, 0.3) is 5.57 Å². The number of alkyl halides is 3. The van der Waals surface area contributed by atoms with Gasteiger partial charge in [0.25, 0.3) is 0 Å². The summed E-state index contributed by atoms with van der Waals surface area (Å²) in [6, 6.07) is 7.14. The van der Waals surface area contributed by atoms with Crippen molar-refractivity contribution in [2.75, 3.05) is 26.8 Å². The van der Waals surface area contributed by atoms with Gasteiger partial charge in [-0.05, 0) is 18.4 Å². The second-order valence-corrected chi connectivity index (χ2v) is 6.17. The molecule has 0 spiro atoms. The molecule has 1 aromatic rings. The molecule has 27 heavy (non-hydrogen) atoms. The third kappa shape index (κ3) is 6.39. The molecule has 1 unspecified atom stereocenters.